The van der Waals surface area contributed by atoms with Gasteiger partial charge in [-0.15, -0.1) is 0 Å². The van der Waals surface area contributed by atoms with E-state index in [0.29, 0.717) is 6.42 Å². The van der Waals surface area contributed by atoms with Crippen molar-refractivity contribution in [3.05, 3.63) is 59.9 Å². The highest BCUT2D eigenvalue weighted by molar-refractivity contribution is 6.01. The Balaban J connectivity index is 1.25. The molecule has 4 rings (SSSR count). The largest absolute Gasteiger partial charge is 0.490 e. The maximum atomic E-state index is 13.0. The molecular formula is C21H23FN2O2. The Morgan fingerprint density at radius 1 is 1.00 bits per heavy atom. The van der Waals surface area contributed by atoms with Crippen molar-refractivity contribution in [3.8, 4) is 5.75 Å². The summed E-state index contributed by atoms with van der Waals surface area (Å²) in [5.74, 6) is 0.676. The Morgan fingerprint density at radius 2 is 1.73 bits per heavy atom. The number of hydrogen-bond acceptors (Lipinski definition) is 3. The van der Waals surface area contributed by atoms with Gasteiger partial charge < -0.3 is 14.5 Å². The molecule has 0 radical (unpaired) electrons. The van der Waals surface area contributed by atoms with Gasteiger partial charge in [0.1, 0.15) is 17.7 Å². The zero-order valence-corrected chi connectivity index (χ0v) is 14.7. The predicted molar refractivity (Wildman–Crippen MR) is 99.0 cm³/mol. The predicted octanol–water partition coefficient (Wildman–Crippen LogP) is 3.26. The molecule has 1 amide bonds. The molecule has 0 spiro atoms. The summed E-state index contributed by atoms with van der Waals surface area (Å²) in [5.41, 5.74) is 2.19. The third-order valence-corrected chi connectivity index (χ3v) is 5.22. The molecule has 1 fully saturated rings. The summed E-state index contributed by atoms with van der Waals surface area (Å²) in [5, 5.41) is 0. The minimum atomic E-state index is -0.245. The molecule has 5 heteroatoms. The second-order valence-corrected chi connectivity index (χ2v) is 6.96. The molecule has 2 heterocycles. The van der Waals surface area contributed by atoms with E-state index in [1.54, 1.807) is 12.1 Å². The van der Waals surface area contributed by atoms with Crippen LogP contribution in [0.25, 0.3) is 0 Å². The molecule has 2 aromatic carbocycles. The van der Waals surface area contributed by atoms with Gasteiger partial charge in [-0.25, -0.2) is 4.39 Å². The van der Waals surface area contributed by atoms with E-state index in [1.165, 1.54) is 12.1 Å². The highest BCUT2D eigenvalue weighted by Crippen LogP contribution is 2.28. The summed E-state index contributed by atoms with van der Waals surface area (Å²) < 4.78 is 18.9. The van der Waals surface area contributed by atoms with E-state index in [9.17, 15) is 9.18 Å². The molecule has 0 saturated carbocycles. The van der Waals surface area contributed by atoms with Crippen LogP contribution < -0.4 is 9.64 Å². The number of carbonyl (C=O) groups excluding carboxylic acids is 1. The first kappa shape index (κ1) is 17.0. The van der Waals surface area contributed by atoms with E-state index >= 15 is 0 Å². The quantitative estimate of drug-likeness (QED) is 0.826. The van der Waals surface area contributed by atoms with Crippen LogP contribution in [0.5, 0.6) is 5.75 Å². The molecule has 2 aliphatic rings. The summed E-state index contributed by atoms with van der Waals surface area (Å²) in [6.45, 7) is 3.52. The lowest BCUT2D eigenvalue weighted by atomic mass is 10.1. The molecule has 1 saturated heterocycles. The Hall–Kier alpha value is -2.40. The standard InChI is InChI=1S/C21H23FN2O2/c22-17-5-7-18(8-6-17)26-19-9-11-23(12-10-19)13-14-24-20-4-2-1-3-16(20)15-21(24)25/h1-8,19H,9-15H2. The van der Waals surface area contributed by atoms with E-state index in [4.69, 9.17) is 4.74 Å². The number of ether oxygens (including phenoxy) is 1. The number of rotatable bonds is 5. The number of benzene rings is 2. The number of likely N-dealkylation sites (tertiary alicyclic amines) is 1. The van der Waals surface area contributed by atoms with Crippen molar-refractivity contribution >= 4 is 11.6 Å². The summed E-state index contributed by atoms with van der Waals surface area (Å²) in [6, 6.07) is 14.2. The molecule has 0 bridgehead atoms. The third-order valence-electron chi connectivity index (χ3n) is 5.22. The molecule has 0 atom stereocenters. The number of para-hydroxylation sites is 1. The number of nitrogens with zero attached hydrogens (tertiary/aromatic N) is 2. The van der Waals surface area contributed by atoms with Crippen LogP contribution in [-0.4, -0.2) is 43.1 Å². The van der Waals surface area contributed by atoms with Crippen LogP contribution in [0.3, 0.4) is 0 Å². The van der Waals surface area contributed by atoms with Gasteiger partial charge in [0.25, 0.3) is 0 Å². The Morgan fingerprint density at radius 3 is 2.50 bits per heavy atom. The maximum Gasteiger partial charge on any atom is 0.231 e. The highest BCUT2D eigenvalue weighted by atomic mass is 19.1. The molecule has 0 N–H and O–H groups in total. The Labute approximate surface area is 153 Å². The first-order valence-electron chi connectivity index (χ1n) is 9.22. The molecular weight excluding hydrogens is 331 g/mol. The molecule has 0 unspecified atom stereocenters. The maximum absolute atomic E-state index is 13.0. The van der Waals surface area contributed by atoms with E-state index < -0.39 is 0 Å². The van der Waals surface area contributed by atoms with Crippen molar-refractivity contribution < 1.29 is 13.9 Å². The smallest absolute Gasteiger partial charge is 0.231 e. The normalized spacial score (nSPS) is 18.2. The summed E-state index contributed by atoms with van der Waals surface area (Å²) >= 11 is 0. The first-order chi connectivity index (χ1) is 12.7. The number of halogens is 1. The average molecular weight is 354 g/mol. The van der Waals surface area contributed by atoms with Gasteiger partial charge in [-0.05, 0) is 48.7 Å². The van der Waals surface area contributed by atoms with Gasteiger partial charge in [0.2, 0.25) is 5.91 Å². The van der Waals surface area contributed by atoms with Crippen LogP contribution in [0, 0.1) is 5.82 Å². The van der Waals surface area contributed by atoms with Crippen LogP contribution in [0.15, 0.2) is 48.5 Å². The molecule has 2 aliphatic heterocycles. The average Bonchev–Trinajstić information content (AvgIpc) is 2.98. The van der Waals surface area contributed by atoms with Gasteiger partial charge in [-0.2, -0.15) is 0 Å². The van der Waals surface area contributed by atoms with E-state index in [0.717, 1.165) is 56.0 Å². The van der Waals surface area contributed by atoms with E-state index in [-0.39, 0.29) is 17.8 Å². The van der Waals surface area contributed by atoms with Gasteiger partial charge >= 0.3 is 0 Å². The fourth-order valence-electron chi connectivity index (χ4n) is 3.76. The Bertz CT molecular complexity index is 770. The SMILES string of the molecule is O=C1Cc2ccccc2N1CCN1CCC(Oc2ccc(F)cc2)CC1. The molecule has 136 valence electrons. The number of fused-ring (bicyclic) bond motifs is 1. The number of hydrogen-bond donors (Lipinski definition) is 0. The highest BCUT2D eigenvalue weighted by Gasteiger charge is 2.27. The zero-order chi connectivity index (χ0) is 17.9. The second-order valence-electron chi connectivity index (χ2n) is 6.96. The lowest BCUT2D eigenvalue weighted by Gasteiger charge is -2.33. The van der Waals surface area contributed by atoms with E-state index in [2.05, 4.69) is 4.90 Å². The summed E-state index contributed by atoms with van der Waals surface area (Å²) in [7, 11) is 0. The van der Waals surface area contributed by atoms with Crippen molar-refractivity contribution in [3.63, 3.8) is 0 Å². The van der Waals surface area contributed by atoms with Gasteiger partial charge in [-0.3, -0.25) is 4.79 Å². The summed E-state index contributed by atoms with van der Waals surface area (Å²) in [6.07, 6.45) is 2.58. The number of piperidine rings is 1. The van der Waals surface area contributed by atoms with Crippen LogP contribution in [0.2, 0.25) is 0 Å². The minimum Gasteiger partial charge on any atom is -0.490 e. The Kier molecular flexibility index (Phi) is 4.89. The fourth-order valence-corrected chi connectivity index (χ4v) is 3.76. The van der Waals surface area contributed by atoms with Gasteiger partial charge in [0.05, 0.1) is 6.42 Å². The fraction of sp³-hybridized carbons (Fsp3) is 0.381. The number of carbonyl (C=O) groups is 1. The number of amides is 1. The summed E-state index contributed by atoms with van der Waals surface area (Å²) in [4.78, 5) is 16.5. The van der Waals surface area contributed by atoms with Crippen molar-refractivity contribution in [1.29, 1.82) is 0 Å². The van der Waals surface area contributed by atoms with Crippen LogP contribution in [0.1, 0.15) is 18.4 Å². The number of anilines is 1. The first-order valence-corrected chi connectivity index (χ1v) is 9.22. The molecule has 2 aromatic rings. The van der Waals surface area contributed by atoms with Crippen molar-refractivity contribution in [2.45, 2.75) is 25.4 Å². The van der Waals surface area contributed by atoms with Crippen molar-refractivity contribution in [2.75, 3.05) is 31.1 Å². The van der Waals surface area contributed by atoms with Gasteiger partial charge in [0, 0.05) is 31.9 Å². The van der Waals surface area contributed by atoms with Crippen molar-refractivity contribution in [2.24, 2.45) is 0 Å². The molecule has 26 heavy (non-hydrogen) atoms. The molecule has 0 aromatic heterocycles. The topological polar surface area (TPSA) is 32.8 Å². The molecule has 4 nitrogen and oxygen atoms in total. The third kappa shape index (κ3) is 3.73. The second kappa shape index (κ2) is 7.46. The van der Waals surface area contributed by atoms with Crippen LogP contribution in [0.4, 0.5) is 10.1 Å². The minimum absolute atomic E-state index is 0.172. The van der Waals surface area contributed by atoms with E-state index in [1.807, 2.05) is 29.2 Å². The van der Waals surface area contributed by atoms with Crippen LogP contribution >= 0.6 is 0 Å². The van der Waals surface area contributed by atoms with Gasteiger partial charge in [0.15, 0.2) is 0 Å². The molecule has 0 aliphatic carbocycles. The lowest BCUT2D eigenvalue weighted by molar-refractivity contribution is -0.117. The zero-order valence-electron chi connectivity index (χ0n) is 14.7. The van der Waals surface area contributed by atoms with Crippen LogP contribution in [-0.2, 0) is 11.2 Å². The monoisotopic (exact) mass is 354 g/mol. The lowest BCUT2D eigenvalue weighted by Crippen LogP contribution is -2.43. The van der Waals surface area contributed by atoms with Crippen molar-refractivity contribution in [1.82, 2.24) is 4.90 Å². The van der Waals surface area contributed by atoms with Gasteiger partial charge in [-0.1, -0.05) is 18.2 Å².